The van der Waals surface area contributed by atoms with Crippen LogP contribution in [0.15, 0.2) is 15.9 Å². The highest BCUT2D eigenvalue weighted by Crippen LogP contribution is 2.21. The normalized spacial score (nSPS) is 10.4. The van der Waals surface area contributed by atoms with Crippen molar-refractivity contribution < 1.29 is 4.79 Å². The number of amides is 1. The molecule has 0 aromatic carbocycles. The van der Waals surface area contributed by atoms with E-state index in [1.165, 1.54) is 4.88 Å². The summed E-state index contributed by atoms with van der Waals surface area (Å²) in [5, 5.41) is 6.04. The van der Waals surface area contributed by atoms with Crippen LogP contribution in [0.2, 0.25) is 0 Å². The molecule has 0 aliphatic rings. The Kier molecular flexibility index (Phi) is 6.68. The van der Waals surface area contributed by atoms with E-state index < -0.39 is 0 Å². The van der Waals surface area contributed by atoms with E-state index in [1.54, 1.807) is 11.3 Å². The molecule has 1 aromatic rings. The van der Waals surface area contributed by atoms with Crippen molar-refractivity contribution in [2.75, 3.05) is 19.6 Å². The summed E-state index contributed by atoms with van der Waals surface area (Å²) in [6.45, 7) is 4.42. The molecule has 1 aromatic heterocycles. The minimum absolute atomic E-state index is 0.122. The summed E-state index contributed by atoms with van der Waals surface area (Å²) >= 11 is 5.13. The van der Waals surface area contributed by atoms with Crippen molar-refractivity contribution in [2.45, 2.75) is 19.8 Å². The van der Waals surface area contributed by atoms with Crippen molar-refractivity contribution in [3.63, 3.8) is 0 Å². The van der Waals surface area contributed by atoms with Gasteiger partial charge in [0, 0.05) is 24.4 Å². The van der Waals surface area contributed by atoms with Crippen molar-refractivity contribution in [1.29, 1.82) is 0 Å². The molecular weight excluding hydrogens is 288 g/mol. The maximum atomic E-state index is 11.4. The first-order valence-corrected chi connectivity index (χ1v) is 7.05. The Morgan fingerprint density at radius 3 is 2.88 bits per heavy atom. The van der Waals surface area contributed by atoms with Gasteiger partial charge in [-0.2, -0.15) is 0 Å². The third-order valence-corrected chi connectivity index (χ3v) is 3.78. The van der Waals surface area contributed by atoms with Crippen molar-refractivity contribution in [1.82, 2.24) is 10.6 Å². The molecule has 0 saturated heterocycles. The molecule has 3 nitrogen and oxygen atoms in total. The van der Waals surface area contributed by atoms with Crippen molar-refractivity contribution in [3.8, 4) is 0 Å². The average Bonchev–Trinajstić information content (AvgIpc) is 2.65. The number of nitrogens with one attached hydrogen (secondary N) is 2. The van der Waals surface area contributed by atoms with Gasteiger partial charge < -0.3 is 10.6 Å². The molecule has 0 unspecified atom stereocenters. The van der Waals surface area contributed by atoms with Crippen molar-refractivity contribution in [3.05, 3.63) is 20.8 Å². The fraction of sp³-hybridized carbons (Fsp3) is 0.545. The van der Waals surface area contributed by atoms with Crippen LogP contribution in [-0.2, 0) is 11.2 Å². The third kappa shape index (κ3) is 5.63. The summed E-state index contributed by atoms with van der Waals surface area (Å²) in [5.74, 6) is 0.122. The van der Waals surface area contributed by atoms with E-state index in [2.05, 4.69) is 32.6 Å². The van der Waals surface area contributed by atoms with Crippen molar-refractivity contribution >= 4 is 33.2 Å². The molecule has 0 atom stereocenters. The molecule has 0 spiro atoms. The summed E-state index contributed by atoms with van der Waals surface area (Å²) in [7, 11) is 0. The highest BCUT2D eigenvalue weighted by atomic mass is 79.9. The number of hydrogen-bond acceptors (Lipinski definition) is 3. The summed E-state index contributed by atoms with van der Waals surface area (Å²) in [4.78, 5) is 12.6. The summed E-state index contributed by atoms with van der Waals surface area (Å²) < 4.78 is 1.14. The van der Waals surface area contributed by atoms with Gasteiger partial charge in [-0.05, 0) is 41.0 Å². The minimum atomic E-state index is 0.122. The van der Waals surface area contributed by atoms with E-state index in [9.17, 15) is 4.79 Å². The van der Waals surface area contributed by atoms with Gasteiger partial charge in [0.2, 0.25) is 5.91 Å². The van der Waals surface area contributed by atoms with E-state index in [4.69, 9.17) is 0 Å². The van der Waals surface area contributed by atoms with E-state index in [0.717, 1.165) is 29.8 Å². The van der Waals surface area contributed by atoms with Gasteiger partial charge in [-0.1, -0.05) is 6.92 Å². The highest BCUT2D eigenvalue weighted by molar-refractivity contribution is 9.11. The monoisotopic (exact) mass is 304 g/mol. The molecule has 0 fully saturated rings. The second kappa shape index (κ2) is 7.81. The Labute approximate surface area is 109 Å². The second-order valence-electron chi connectivity index (χ2n) is 3.41. The molecule has 0 aliphatic heterocycles. The van der Waals surface area contributed by atoms with Gasteiger partial charge in [-0.15, -0.1) is 11.3 Å². The van der Waals surface area contributed by atoms with Crippen LogP contribution >= 0.6 is 27.3 Å². The Morgan fingerprint density at radius 2 is 2.25 bits per heavy atom. The van der Waals surface area contributed by atoms with Crippen LogP contribution in [0.1, 0.15) is 18.2 Å². The van der Waals surface area contributed by atoms with Gasteiger partial charge in [0.25, 0.3) is 0 Å². The molecular formula is C11H17BrN2OS. The van der Waals surface area contributed by atoms with Crippen LogP contribution in [0.5, 0.6) is 0 Å². The van der Waals surface area contributed by atoms with Crippen LogP contribution in [-0.4, -0.2) is 25.5 Å². The Morgan fingerprint density at radius 1 is 1.44 bits per heavy atom. The Hall–Kier alpha value is -0.390. The highest BCUT2D eigenvalue weighted by Gasteiger charge is 2.01. The summed E-state index contributed by atoms with van der Waals surface area (Å²) in [6.07, 6.45) is 1.46. The smallest absolute Gasteiger partial charge is 0.221 e. The lowest BCUT2D eigenvalue weighted by Gasteiger charge is -2.04. The minimum Gasteiger partial charge on any atom is -0.356 e. The van der Waals surface area contributed by atoms with Crippen LogP contribution in [0.3, 0.4) is 0 Å². The van der Waals surface area contributed by atoms with Crippen molar-refractivity contribution in [2.24, 2.45) is 0 Å². The van der Waals surface area contributed by atoms with Crippen LogP contribution in [0.4, 0.5) is 0 Å². The van der Waals surface area contributed by atoms with Crippen LogP contribution in [0, 0.1) is 0 Å². The first kappa shape index (κ1) is 13.7. The molecule has 1 heterocycles. The average molecular weight is 305 g/mol. The standard InChI is InChI=1S/C11H17BrN2OS/c1-2-13-7-6-11(15)14-8-5-9-3-4-10(12)16-9/h3-4,13H,2,5-8H2,1H3,(H,14,15). The molecule has 2 N–H and O–H groups in total. The zero-order valence-electron chi connectivity index (χ0n) is 9.38. The quantitative estimate of drug-likeness (QED) is 0.758. The zero-order chi connectivity index (χ0) is 11.8. The SMILES string of the molecule is CCNCCC(=O)NCCc1ccc(Br)s1. The Bertz CT molecular complexity index is 328. The van der Waals surface area contributed by atoms with Gasteiger partial charge in [0.15, 0.2) is 0 Å². The molecule has 5 heteroatoms. The fourth-order valence-corrected chi connectivity index (χ4v) is 2.76. The van der Waals surface area contributed by atoms with E-state index in [-0.39, 0.29) is 5.91 Å². The predicted octanol–water partition coefficient (Wildman–Crippen LogP) is 2.17. The Balaban J connectivity index is 2.08. The topological polar surface area (TPSA) is 41.1 Å². The second-order valence-corrected chi connectivity index (χ2v) is 5.96. The molecule has 0 bridgehead atoms. The lowest BCUT2D eigenvalue weighted by Crippen LogP contribution is -2.29. The summed E-state index contributed by atoms with van der Waals surface area (Å²) in [5.41, 5.74) is 0. The first-order chi connectivity index (χ1) is 7.72. The van der Waals surface area contributed by atoms with Gasteiger partial charge in [-0.3, -0.25) is 4.79 Å². The molecule has 1 amide bonds. The largest absolute Gasteiger partial charge is 0.356 e. The number of rotatable bonds is 7. The molecule has 0 saturated carbocycles. The number of carbonyl (C=O) groups is 1. The van der Waals surface area contributed by atoms with Gasteiger partial charge >= 0.3 is 0 Å². The van der Waals surface area contributed by atoms with E-state index in [1.807, 2.05) is 13.0 Å². The van der Waals surface area contributed by atoms with Crippen LogP contribution < -0.4 is 10.6 Å². The number of hydrogen-bond donors (Lipinski definition) is 2. The molecule has 16 heavy (non-hydrogen) atoms. The lowest BCUT2D eigenvalue weighted by molar-refractivity contribution is -0.120. The molecule has 90 valence electrons. The maximum absolute atomic E-state index is 11.4. The van der Waals surface area contributed by atoms with Gasteiger partial charge in [-0.25, -0.2) is 0 Å². The molecule has 0 aliphatic carbocycles. The molecule has 1 rings (SSSR count). The van der Waals surface area contributed by atoms with Gasteiger partial charge in [0.05, 0.1) is 3.79 Å². The predicted molar refractivity (Wildman–Crippen MR) is 71.9 cm³/mol. The molecule has 0 radical (unpaired) electrons. The number of halogens is 1. The maximum Gasteiger partial charge on any atom is 0.221 e. The first-order valence-electron chi connectivity index (χ1n) is 5.44. The van der Waals surface area contributed by atoms with E-state index >= 15 is 0 Å². The fourth-order valence-electron chi connectivity index (χ4n) is 1.28. The number of thiophene rings is 1. The lowest BCUT2D eigenvalue weighted by atomic mass is 10.3. The number of carbonyl (C=O) groups excluding carboxylic acids is 1. The zero-order valence-corrected chi connectivity index (χ0v) is 11.8. The summed E-state index contributed by atoms with van der Waals surface area (Å²) in [6, 6.07) is 4.12. The van der Waals surface area contributed by atoms with Gasteiger partial charge in [0.1, 0.15) is 0 Å². The van der Waals surface area contributed by atoms with E-state index in [0.29, 0.717) is 6.42 Å². The van der Waals surface area contributed by atoms with Crippen LogP contribution in [0.25, 0.3) is 0 Å². The third-order valence-electron chi connectivity index (χ3n) is 2.10.